The number of nitrogens with two attached hydrogens (primary N) is 4. The van der Waals surface area contributed by atoms with Gasteiger partial charge in [0.1, 0.15) is 29.9 Å². The highest BCUT2D eigenvalue weighted by Gasteiger charge is 2.32. The Bertz CT molecular complexity index is 1820. The number of hydrogen-bond acceptors (Lipinski definition) is 8. The first kappa shape index (κ1) is 39.4. The number of aliphatic imine (C=N–C) groups is 2. The van der Waals surface area contributed by atoms with E-state index in [9.17, 15) is 29.1 Å². The molecule has 0 spiro atoms. The zero-order valence-corrected chi connectivity index (χ0v) is 29.2. The molecular weight excluding hydrogens is 682 g/mol. The molecule has 5 amide bonds. The average molecular weight is 730 g/mol. The molecule has 17 heteroatoms. The van der Waals surface area contributed by atoms with E-state index in [1.807, 2.05) is 42.5 Å². The van der Waals surface area contributed by atoms with Gasteiger partial charge in [0.25, 0.3) is 0 Å². The molecule has 1 fully saturated rings. The van der Waals surface area contributed by atoms with Crippen LogP contribution in [0.4, 0.5) is 0 Å². The van der Waals surface area contributed by atoms with Crippen molar-refractivity contribution in [3.05, 3.63) is 77.9 Å². The number of carbonyl (C=O) groups is 5. The fraction of sp³-hybridized carbons (Fsp3) is 0.361. The highest BCUT2D eigenvalue weighted by atomic mass is 16.3. The number of aromatic hydroxyl groups is 1. The van der Waals surface area contributed by atoms with Crippen molar-refractivity contribution >= 4 is 52.2 Å². The third-order valence-electron chi connectivity index (χ3n) is 8.49. The maximum atomic E-state index is 14.0. The van der Waals surface area contributed by atoms with Crippen LogP contribution >= 0.6 is 0 Å². The van der Waals surface area contributed by atoms with Gasteiger partial charge in [-0.15, -0.1) is 0 Å². The van der Waals surface area contributed by atoms with Crippen LogP contribution in [0.25, 0.3) is 10.8 Å². The lowest BCUT2D eigenvalue weighted by Gasteiger charge is -2.26. The Morgan fingerprint density at radius 2 is 1.09 bits per heavy atom. The number of nitrogens with one attached hydrogen (secondary N) is 5. The molecule has 4 atom stereocenters. The van der Waals surface area contributed by atoms with Crippen LogP contribution in [0.1, 0.15) is 36.8 Å². The van der Waals surface area contributed by atoms with Crippen molar-refractivity contribution in [2.75, 3.05) is 19.6 Å². The number of phenolic OH excluding ortho intramolecular Hbond substituents is 1. The topological polar surface area (TPSA) is 295 Å². The monoisotopic (exact) mass is 729 g/mol. The van der Waals surface area contributed by atoms with Gasteiger partial charge < -0.3 is 54.6 Å². The van der Waals surface area contributed by atoms with E-state index < -0.39 is 60.2 Å². The van der Waals surface area contributed by atoms with E-state index >= 15 is 0 Å². The van der Waals surface area contributed by atoms with E-state index in [1.165, 1.54) is 12.1 Å². The second kappa shape index (κ2) is 19.3. The number of amides is 5. The predicted octanol–water partition coefficient (Wildman–Crippen LogP) is -1.49. The van der Waals surface area contributed by atoms with Crippen LogP contribution < -0.4 is 49.5 Å². The Morgan fingerprint density at radius 1 is 0.604 bits per heavy atom. The van der Waals surface area contributed by atoms with Gasteiger partial charge in [-0.2, -0.15) is 0 Å². The van der Waals surface area contributed by atoms with Crippen molar-refractivity contribution in [1.82, 2.24) is 26.6 Å². The molecule has 1 heterocycles. The van der Waals surface area contributed by atoms with E-state index in [1.54, 1.807) is 12.1 Å². The number of hydrogen-bond donors (Lipinski definition) is 10. The smallest absolute Gasteiger partial charge is 0.243 e. The summed E-state index contributed by atoms with van der Waals surface area (Å²) in [6, 6.07) is 14.7. The number of guanidine groups is 2. The molecule has 1 saturated heterocycles. The van der Waals surface area contributed by atoms with E-state index in [0.29, 0.717) is 12.0 Å². The van der Waals surface area contributed by atoms with E-state index in [0.717, 1.165) is 16.3 Å². The van der Waals surface area contributed by atoms with Crippen molar-refractivity contribution in [3.63, 3.8) is 0 Å². The maximum absolute atomic E-state index is 14.0. The molecule has 3 aromatic carbocycles. The third kappa shape index (κ3) is 12.7. The quantitative estimate of drug-likeness (QED) is 0.0585. The van der Waals surface area contributed by atoms with Crippen molar-refractivity contribution in [3.8, 4) is 5.75 Å². The summed E-state index contributed by atoms with van der Waals surface area (Å²) in [5.74, 6) is -3.65. The summed E-state index contributed by atoms with van der Waals surface area (Å²) < 4.78 is 0. The van der Waals surface area contributed by atoms with E-state index in [-0.39, 0.29) is 62.9 Å². The van der Waals surface area contributed by atoms with Crippen LogP contribution in [0.15, 0.2) is 76.7 Å². The molecule has 0 saturated carbocycles. The minimum absolute atomic E-state index is 0.00775. The largest absolute Gasteiger partial charge is 0.508 e. The van der Waals surface area contributed by atoms with Crippen molar-refractivity contribution in [2.45, 2.75) is 62.7 Å². The summed E-state index contributed by atoms with van der Waals surface area (Å²) in [6.07, 6.45) is 0.795. The fourth-order valence-electron chi connectivity index (χ4n) is 5.79. The lowest BCUT2D eigenvalue weighted by molar-refractivity contribution is -0.134. The van der Waals surface area contributed by atoms with Gasteiger partial charge in [-0.3, -0.25) is 34.0 Å². The minimum Gasteiger partial charge on any atom is -0.508 e. The molecule has 282 valence electrons. The van der Waals surface area contributed by atoms with Gasteiger partial charge in [-0.1, -0.05) is 54.6 Å². The molecule has 0 aromatic heterocycles. The van der Waals surface area contributed by atoms with Crippen LogP contribution in [-0.4, -0.2) is 90.4 Å². The Labute approximate surface area is 306 Å². The SMILES string of the molecule is NC(N)=NCCC[C@@H]1NC(=O)[C@H](Cc2ccc3ccccc3c2)NC(=O)[C@@H](CCCN=C(N)N)NC(=O)[C@H](Cc2ccc(O)cc2)NC(=O)CNC1=O. The third-order valence-corrected chi connectivity index (χ3v) is 8.49. The van der Waals surface area contributed by atoms with E-state index in [4.69, 9.17) is 22.9 Å². The first-order valence-corrected chi connectivity index (χ1v) is 17.2. The van der Waals surface area contributed by atoms with Crippen molar-refractivity contribution in [2.24, 2.45) is 32.9 Å². The van der Waals surface area contributed by atoms with Crippen molar-refractivity contribution < 1.29 is 29.1 Å². The summed E-state index contributed by atoms with van der Waals surface area (Å²) in [5, 5.41) is 25.1. The highest BCUT2D eigenvalue weighted by molar-refractivity contribution is 5.97. The molecule has 0 unspecified atom stereocenters. The molecule has 53 heavy (non-hydrogen) atoms. The summed E-state index contributed by atoms with van der Waals surface area (Å²) in [6.45, 7) is -0.182. The fourth-order valence-corrected chi connectivity index (χ4v) is 5.79. The lowest BCUT2D eigenvalue weighted by atomic mass is 9.99. The molecule has 0 radical (unpaired) electrons. The Morgan fingerprint density at radius 3 is 1.70 bits per heavy atom. The normalized spacial score (nSPS) is 20.0. The zero-order chi connectivity index (χ0) is 38.3. The molecule has 0 bridgehead atoms. The number of rotatable bonds is 12. The molecule has 14 N–H and O–H groups in total. The van der Waals surface area contributed by atoms with Crippen LogP contribution in [-0.2, 0) is 36.8 Å². The van der Waals surface area contributed by atoms with Gasteiger partial charge >= 0.3 is 0 Å². The molecule has 0 aliphatic carbocycles. The molecular formula is C36H47N11O6. The molecule has 4 rings (SSSR count). The molecule has 3 aromatic rings. The Hall–Kier alpha value is -6.39. The number of nitrogens with zero attached hydrogens (tertiary/aromatic N) is 2. The average Bonchev–Trinajstić information content (AvgIpc) is 3.12. The highest BCUT2D eigenvalue weighted by Crippen LogP contribution is 2.18. The molecule has 1 aliphatic rings. The Kier molecular flexibility index (Phi) is 14.3. The number of fused-ring (bicyclic) bond motifs is 1. The standard InChI is InChI=1S/C36H47N11O6/c37-35(38)41-15-3-7-26-31(50)43-20-30(49)44-28(18-21-10-13-25(48)14-11-21)33(52)46-27(8-4-16-42-36(39)40)32(51)47-29(34(53)45-26)19-22-9-12-23-5-1-2-6-24(23)17-22/h1-2,5-6,9-14,17,26-29,48H,3-4,7-8,15-16,18-20H2,(H,43,50)(H,44,49)(H,45,53)(H,46,52)(H,47,51)(H4,37,38,41)(H4,39,40,42)/t26-,27+,28-,29-/m0/s1. The second-order valence-electron chi connectivity index (χ2n) is 12.7. The summed E-state index contributed by atoms with van der Waals surface area (Å²) in [7, 11) is 0. The van der Waals surface area contributed by atoms with E-state index in [2.05, 4.69) is 36.6 Å². The second-order valence-corrected chi connectivity index (χ2v) is 12.7. The first-order chi connectivity index (χ1) is 25.4. The van der Waals surface area contributed by atoms with Crippen LogP contribution in [0.2, 0.25) is 0 Å². The summed E-state index contributed by atoms with van der Waals surface area (Å²) in [5.41, 5.74) is 23.2. The van der Waals surface area contributed by atoms with Gasteiger partial charge in [0, 0.05) is 25.9 Å². The maximum Gasteiger partial charge on any atom is 0.243 e. The van der Waals surface area contributed by atoms with Gasteiger partial charge in [-0.25, -0.2) is 0 Å². The van der Waals surface area contributed by atoms with Crippen LogP contribution in [0.3, 0.4) is 0 Å². The van der Waals surface area contributed by atoms with Gasteiger partial charge in [0.05, 0.1) is 6.54 Å². The summed E-state index contributed by atoms with van der Waals surface area (Å²) >= 11 is 0. The van der Waals surface area contributed by atoms with Gasteiger partial charge in [0.2, 0.25) is 29.5 Å². The van der Waals surface area contributed by atoms with Crippen LogP contribution in [0, 0.1) is 0 Å². The van der Waals surface area contributed by atoms with Crippen LogP contribution in [0.5, 0.6) is 5.75 Å². The summed E-state index contributed by atoms with van der Waals surface area (Å²) in [4.78, 5) is 76.4. The lowest BCUT2D eigenvalue weighted by Crippen LogP contribution is -2.58. The van der Waals surface area contributed by atoms with Crippen molar-refractivity contribution in [1.29, 1.82) is 0 Å². The molecule has 17 nitrogen and oxygen atoms in total. The predicted molar refractivity (Wildman–Crippen MR) is 200 cm³/mol. The number of benzene rings is 3. The zero-order valence-electron chi connectivity index (χ0n) is 29.2. The van der Waals surface area contributed by atoms with Gasteiger partial charge in [-0.05, 0) is 59.7 Å². The first-order valence-electron chi connectivity index (χ1n) is 17.2. The minimum atomic E-state index is -1.19. The number of carbonyl (C=O) groups excluding carboxylic acids is 5. The molecule has 1 aliphatic heterocycles. The van der Waals surface area contributed by atoms with Gasteiger partial charge in [0.15, 0.2) is 11.9 Å². The number of phenols is 1. The Balaban J connectivity index is 1.69.